The molecule has 1 aliphatic carbocycles. The van der Waals surface area contributed by atoms with E-state index in [0.29, 0.717) is 12.6 Å². The third-order valence-electron chi connectivity index (χ3n) is 2.94. The summed E-state index contributed by atoms with van der Waals surface area (Å²) in [5.74, 6) is 0. The van der Waals surface area contributed by atoms with Crippen LogP contribution in [0, 0.1) is 0 Å². The van der Waals surface area contributed by atoms with Crippen LogP contribution >= 0.6 is 23.2 Å². The molecule has 0 atom stereocenters. The van der Waals surface area contributed by atoms with Gasteiger partial charge in [0.2, 0.25) is 0 Å². The van der Waals surface area contributed by atoms with Crippen LogP contribution in [0.3, 0.4) is 0 Å². The lowest BCUT2D eigenvalue weighted by Crippen LogP contribution is -2.24. The lowest BCUT2D eigenvalue weighted by atomic mass is 10.4. The van der Waals surface area contributed by atoms with Crippen molar-refractivity contribution in [2.45, 2.75) is 25.4 Å². The van der Waals surface area contributed by atoms with Crippen molar-refractivity contribution < 1.29 is 0 Å². The molecule has 1 fully saturated rings. The van der Waals surface area contributed by atoms with Gasteiger partial charge in [0.25, 0.3) is 5.56 Å². The van der Waals surface area contributed by atoms with Gasteiger partial charge in [-0.2, -0.15) is 5.10 Å². The molecule has 0 spiro atoms. The lowest BCUT2D eigenvalue weighted by molar-refractivity contribution is 0.588. The zero-order valence-corrected chi connectivity index (χ0v) is 10.9. The minimum absolute atomic E-state index is 0.00385. The maximum absolute atomic E-state index is 11.9. The van der Waals surface area contributed by atoms with Crippen molar-refractivity contribution in [3.63, 3.8) is 0 Å². The van der Waals surface area contributed by atoms with E-state index in [2.05, 4.69) is 14.6 Å². The molecular weight excluding hydrogens is 275 g/mol. The summed E-state index contributed by atoms with van der Waals surface area (Å²) >= 11 is 11.5. The first kappa shape index (κ1) is 11.7. The molecule has 0 bridgehead atoms. The van der Waals surface area contributed by atoms with Gasteiger partial charge in [-0.25, -0.2) is 9.67 Å². The zero-order valence-electron chi connectivity index (χ0n) is 9.38. The maximum Gasteiger partial charge on any atom is 0.287 e. The first-order valence-electron chi connectivity index (χ1n) is 5.58. The second-order valence-electron chi connectivity index (χ2n) is 4.29. The number of nitrogens with zero attached hydrogens (tertiary/aromatic N) is 4. The molecule has 18 heavy (non-hydrogen) atoms. The van der Waals surface area contributed by atoms with Gasteiger partial charge in [-0.05, 0) is 12.8 Å². The average Bonchev–Trinajstić information content (AvgIpc) is 3.11. The van der Waals surface area contributed by atoms with E-state index >= 15 is 0 Å². The number of imidazole rings is 1. The Morgan fingerprint density at radius 1 is 1.33 bits per heavy atom. The molecule has 2 heterocycles. The molecule has 2 aromatic rings. The molecule has 0 saturated heterocycles. The lowest BCUT2D eigenvalue weighted by Gasteiger charge is -2.08. The molecule has 94 valence electrons. The molecule has 0 N–H and O–H groups in total. The van der Waals surface area contributed by atoms with Gasteiger partial charge in [-0.1, -0.05) is 23.2 Å². The molecule has 0 radical (unpaired) electrons. The molecule has 0 aromatic carbocycles. The van der Waals surface area contributed by atoms with Crippen LogP contribution in [-0.2, 0) is 6.54 Å². The minimum Gasteiger partial charge on any atom is -0.330 e. The van der Waals surface area contributed by atoms with Crippen LogP contribution in [0.1, 0.15) is 24.6 Å². The highest BCUT2D eigenvalue weighted by atomic mass is 35.5. The van der Waals surface area contributed by atoms with Gasteiger partial charge in [0.1, 0.15) is 5.02 Å². The van der Waals surface area contributed by atoms with Crippen LogP contribution in [0.4, 0.5) is 0 Å². The predicted molar refractivity (Wildman–Crippen MR) is 68.1 cm³/mol. The summed E-state index contributed by atoms with van der Waals surface area (Å²) in [6.07, 6.45) is 7.23. The van der Waals surface area contributed by atoms with E-state index in [4.69, 9.17) is 23.2 Å². The van der Waals surface area contributed by atoms with E-state index in [1.54, 1.807) is 12.5 Å². The Labute approximate surface area is 113 Å². The van der Waals surface area contributed by atoms with Crippen LogP contribution in [0.2, 0.25) is 10.0 Å². The largest absolute Gasteiger partial charge is 0.330 e. The minimum atomic E-state index is -0.382. The van der Waals surface area contributed by atoms with Gasteiger partial charge in [-0.3, -0.25) is 4.79 Å². The fraction of sp³-hybridized carbons (Fsp3) is 0.364. The third kappa shape index (κ3) is 2.04. The second kappa shape index (κ2) is 4.40. The van der Waals surface area contributed by atoms with Gasteiger partial charge < -0.3 is 4.57 Å². The van der Waals surface area contributed by atoms with Crippen molar-refractivity contribution in [3.8, 4) is 0 Å². The number of rotatable bonds is 3. The maximum atomic E-state index is 11.9. The van der Waals surface area contributed by atoms with E-state index in [9.17, 15) is 4.79 Å². The topological polar surface area (TPSA) is 52.7 Å². The molecule has 1 saturated carbocycles. The molecule has 2 aromatic heterocycles. The molecule has 5 nitrogen and oxygen atoms in total. The van der Waals surface area contributed by atoms with Crippen molar-refractivity contribution in [2.75, 3.05) is 0 Å². The van der Waals surface area contributed by atoms with E-state index in [0.717, 1.165) is 18.5 Å². The van der Waals surface area contributed by atoms with E-state index in [1.807, 2.05) is 0 Å². The molecular formula is C11H10Cl2N4O. The van der Waals surface area contributed by atoms with Crippen molar-refractivity contribution >= 4 is 23.2 Å². The first-order chi connectivity index (χ1) is 8.66. The molecule has 0 unspecified atom stereocenters. The first-order valence-corrected chi connectivity index (χ1v) is 6.34. The normalized spacial score (nSPS) is 15.0. The summed E-state index contributed by atoms with van der Waals surface area (Å²) in [4.78, 5) is 16.0. The zero-order chi connectivity index (χ0) is 12.7. The number of aromatic nitrogens is 4. The number of halogens is 2. The Hall–Kier alpha value is -1.33. The Balaban J connectivity index is 1.95. The highest BCUT2D eigenvalue weighted by Gasteiger charge is 2.25. The molecule has 0 amide bonds. The Morgan fingerprint density at radius 2 is 2.11 bits per heavy atom. The standard InChI is InChI=1S/C11H10Cl2N4O/c12-9-4-15-17(11(18)10(9)13)5-8-3-14-6-16(8)7-1-2-7/h3-4,6-7H,1-2,5H2. The summed E-state index contributed by atoms with van der Waals surface area (Å²) in [5, 5.41) is 4.16. The van der Waals surface area contributed by atoms with Crippen molar-refractivity contribution in [3.05, 3.63) is 44.8 Å². The van der Waals surface area contributed by atoms with Crippen LogP contribution in [0.15, 0.2) is 23.5 Å². The fourth-order valence-electron chi connectivity index (χ4n) is 1.85. The summed E-state index contributed by atoms with van der Waals surface area (Å²) in [5.41, 5.74) is 0.568. The SMILES string of the molecule is O=c1c(Cl)c(Cl)cnn1Cc1cncn1C1CC1. The quantitative estimate of drug-likeness (QED) is 0.868. The highest BCUT2D eigenvalue weighted by molar-refractivity contribution is 6.41. The smallest absolute Gasteiger partial charge is 0.287 e. The van der Waals surface area contributed by atoms with Crippen molar-refractivity contribution in [1.29, 1.82) is 0 Å². The summed E-state index contributed by atoms with van der Waals surface area (Å²) < 4.78 is 3.38. The Morgan fingerprint density at radius 3 is 2.83 bits per heavy atom. The predicted octanol–water partition coefficient (Wildman–Crippen LogP) is 2.13. The van der Waals surface area contributed by atoms with Crippen molar-refractivity contribution in [2.24, 2.45) is 0 Å². The van der Waals surface area contributed by atoms with Gasteiger partial charge in [0, 0.05) is 6.04 Å². The van der Waals surface area contributed by atoms with Crippen LogP contribution < -0.4 is 5.56 Å². The Bertz CT molecular complexity index is 645. The van der Waals surface area contributed by atoms with E-state index < -0.39 is 0 Å². The Kier molecular flexibility index (Phi) is 2.87. The van der Waals surface area contributed by atoms with Crippen LogP contribution in [0.5, 0.6) is 0 Å². The number of hydrogen-bond donors (Lipinski definition) is 0. The third-order valence-corrected chi connectivity index (χ3v) is 3.69. The summed E-state index contributed by atoms with van der Waals surface area (Å²) in [6, 6.07) is 0.515. The molecule has 3 rings (SSSR count). The van der Waals surface area contributed by atoms with Crippen molar-refractivity contribution in [1.82, 2.24) is 19.3 Å². The monoisotopic (exact) mass is 284 g/mol. The van der Waals surface area contributed by atoms with Crippen LogP contribution in [-0.4, -0.2) is 19.3 Å². The van der Waals surface area contributed by atoms with Gasteiger partial charge in [-0.15, -0.1) is 0 Å². The second-order valence-corrected chi connectivity index (χ2v) is 5.08. The number of hydrogen-bond acceptors (Lipinski definition) is 3. The average molecular weight is 285 g/mol. The summed E-state index contributed by atoms with van der Waals surface area (Å²) in [6.45, 7) is 0.353. The van der Waals surface area contributed by atoms with E-state index in [1.165, 1.54) is 10.9 Å². The van der Waals surface area contributed by atoms with Gasteiger partial charge in [0.05, 0.1) is 36.0 Å². The van der Waals surface area contributed by atoms with E-state index in [-0.39, 0.29) is 15.6 Å². The molecule has 1 aliphatic rings. The van der Waals surface area contributed by atoms with Gasteiger partial charge >= 0.3 is 0 Å². The summed E-state index contributed by atoms with van der Waals surface area (Å²) in [7, 11) is 0. The van der Waals surface area contributed by atoms with Crippen LogP contribution in [0.25, 0.3) is 0 Å². The highest BCUT2D eigenvalue weighted by Crippen LogP contribution is 2.35. The fourth-order valence-corrected chi connectivity index (χ4v) is 2.12. The molecule has 0 aliphatic heterocycles. The molecule has 7 heteroatoms. The van der Waals surface area contributed by atoms with Gasteiger partial charge in [0.15, 0.2) is 0 Å².